The van der Waals surface area contributed by atoms with Crippen LogP contribution in [0.15, 0.2) is 18.2 Å². The van der Waals surface area contributed by atoms with E-state index in [0.717, 1.165) is 11.1 Å². The Morgan fingerprint density at radius 3 is 2.72 bits per heavy atom. The second kappa shape index (κ2) is 6.52. The number of hydrogen-bond donors (Lipinski definition) is 1. The largest absolute Gasteiger partial charge is 0.381 e. The van der Waals surface area contributed by atoms with Crippen molar-refractivity contribution in [2.75, 3.05) is 12.9 Å². The van der Waals surface area contributed by atoms with E-state index in [2.05, 4.69) is 4.72 Å². The number of rotatable bonds is 6. The minimum absolute atomic E-state index is 0.0525. The van der Waals surface area contributed by atoms with Gasteiger partial charge in [-0.2, -0.15) is 0 Å². The Labute approximate surface area is 113 Å². The molecule has 0 aliphatic carbocycles. The maximum atomic E-state index is 11.7. The van der Waals surface area contributed by atoms with Crippen LogP contribution in [-0.2, 0) is 21.3 Å². The predicted molar refractivity (Wildman–Crippen MR) is 73.3 cm³/mol. The van der Waals surface area contributed by atoms with Crippen molar-refractivity contribution in [3.8, 4) is 0 Å². The molecule has 0 heterocycles. The summed E-state index contributed by atoms with van der Waals surface area (Å²) in [5, 5.41) is 0.597. The summed E-state index contributed by atoms with van der Waals surface area (Å²) in [5.41, 5.74) is 1.87. The lowest BCUT2D eigenvalue weighted by Gasteiger charge is -2.12. The number of hydrogen-bond acceptors (Lipinski definition) is 3. The van der Waals surface area contributed by atoms with E-state index < -0.39 is 10.0 Å². The predicted octanol–water partition coefficient (Wildman–Crippen LogP) is 2.10. The van der Waals surface area contributed by atoms with Crippen molar-refractivity contribution in [3.63, 3.8) is 0 Å². The monoisotopic (exact) mass is 291 g/mol. The smallest absolute Gasteiger partial charge is 0.214 e. The number of ether oxygens (including phenoxy) is 1. The topological polar surface area (TPSA) is 55.4 Å². The fraction of sp³-hybridized carbons (Fsp3) is 0.500. The normalized spacial score (nSPS) is 13.6. The van der Waals surface area contributed by atoms with Gasteiger partial charge in [0, 0.05) is 18.7 Å². The molecule has 0 fully saturated rings. The molecule has 0 saturated carbocycles. The molecular formula is C12H18ClNO3S. The van der Waals surface area contributed by atoms with Crippen LogP contribution >= 0.6 is 11.6 Å². The lowest BCUT2D eigenvalue weighted by Crippen LogP contribution is -2.31. The van der Waals surface area contributed by atoms with Gasteiger partial charge in [0.2, 0.25) is 10.0 Å². The highest BCUT2D eigenvalue weighted by Gasteiger charge is 2.15. The molecule has 18 heavy (non-hydrogen) atoms. The lowest BCUT2D eigenvalue weighted by atomic mass is 10.1. The van der Waals surface area contributed by atoms with E-state index in [-0.39, 0.29) is 18.4 Å². The Bertz CT molecular complexity index is 502. The number of nitrogens with one attached hydrogen (secondary N) is 1. The fourth-order valence-corrected chi connectivity index (χ4v) is 2.90. The van der Waals surface area contributed by atoms with E-state index in [4.69, 9.17) is 16.3 Å². The minimum atomic E-state index is -3.34. The Morgan fingerprint density at radius 2 is 2.11 bits per heavy atom. The second-order valence-corrected chi connectivity index (χ2v) is 6.51. The summed E-state index contributed by atoms with van der Waals surface area (Å²) in [6, 6.07) is 5.41. The van der Waals surface area contributed by atoms with Crippen molar-refractivity contribution < 1.29 is 13.2 Å². The van der Waals surface area contributed by atoms with E-state index in [1.807, 2.05) is 13.0 Å². The summed E-state index contributed by atoms with van der Waals surface area (Å²) in [7, 11) is -1.85. The lowest BCUT2D eigenvalue weighted by molar-refractivity contribution is 0.136. The van der Waals surface area contributed by atoms with Gasteiger partial charge in [-0.05, 0) is 37.1 Å². The van der Waals surface area contributed by atoms with Crippen molar-refractivity contribution in [1.82, 2.24) is 4.72 Å². The molecular weight excluding hydrogens is 274 g/mol. The van der Waals surface area contributed by atoms with Crippen LogP contribution in [-0.4, -0.2) is 27.4 Å². The third kappa shape index (κ3) is 4.94. The molecule has 0 aliphatic rings. The number of sulfonamides is 1. The fourth-order valence-electron chi connectivity index (χ4n) is 1.45. The van der Waals surface area contributed by atoms with E-state index >= 15 is 0 Å². The van der Waals surface area contributed by atoms with Gasteiger partial charge in [-0.15, -0.1) is 0 Å². The zero-order valence-corrected chi connectivity index (χ0v) is 12.3. The Hall–Kier alpha value is -0.620. The van der Waals surface area contributed by atoms with Gasteiger partial charge in [-0.1, -0.05) is 17.7 Å². The van der Waals surface area contributed by atoms with E-state index in [1.54, 1.807) is 19.1 Å². The minimum Gasteiger partial charge on any atom is -0.381 e. The highest BCUT2D eigenvalue weighted by atomic mass is 35.5. The summed E-state index contributed by atoms with van der Waals surface area (Å²) in [5.74, 6) is -0.0525. The molecule has 6 heteroatoms. The molecule has 102 valence electrons. The van der Waals surface area contributed by atoms with Crippen molar-refractivity contribution in [3.05, 3.63) is 34.3 Å². The highest BCUT2D eigenvalue weighted by Crippen LogP contribution is 2.15. The van der Waals surface area contributed by atoms with Crippen molar-refractivity contribution in [2.45, 2.75) is 26.5 Å². The van der Waals surface area contributed by atoms with Gasteiger partial charge in [0.15, 0.2) is 0 Å². The van der Waals surface area contributed by atoms with Crippen LogP contribution in [0.25, 0.3) is 0 Å². The van der Waals surface area contributed by atoms with Gasteiger partial charge < -0.3 is 4.74 Å². The zero-order valence-electron chi connectivity index (χ0n) is 10.7. The SMILES string of the molecule is COC(C)CS(=O)(=O)NCc1cc(Cl)ccc1C. The summed E-state index contributed by atoms with van der Waals surface area (Å²) in [4.78, 5) is 0. The zero-order chi connectivity index (χ0) is 13.8. The van der Waals surface area contributed by atoms with Crippen LogP contribution < -0.4 is 4.72 Å². The van der Waals surface area contributed by atoms with Gasteiger partial charge in [0.1, 0.15) is 0 Å². The van der Waals surface area contributed by atoms with Crippen LogP contribution in [0.2, 0.25) is 5.02 Å². The highest BCUT2D eigenvalue weighted by molar-refractivity contribution is 7.89. The van der Waals surface area contributed by atoms with E-state index in [0.29, 0.717) is 5.02 Å². The molecule has 4 nitrogen and oxygen atoms in total. The number of aryl methyl sites for hydroxylation is 1. The maximum absolute atomic E-state index is 11.7. The first-order valence-corrected chi connectivity index (χ1v) is 7.62. The van der Waals surface area contributed by atoms with Crippen LogP contribution in [0, 0.1) is 6.92 Å². The van der Waals surface area contributed by atoms with Crippen LogP contribution in [0.5, 0.6) is 0 Å². The summed E-state index contributed by atoms with van der Waals surface area (Å²) >= 11 is 5.88. The first-order valence-electron chi connectivity index (χ1n) is 5.59. The van der Waals surface area contributed by atoms with Gasteiger partial charge in [0.05, 0.1) is 11.9 Å². The quantitative estimate of drug-likeness (QED) is 0.873. The maximum Gasteiger partial charge on any atom is 0.214 e. The van der Waals surface area contributed by atoms with Gasteiger partial charge in [-0.3, -0.25) is 0 Å². The van der Waals surface area contributed by atoms with Crippen LogP contribution in [0.1, 0.15) is 18.1 Å². The van der Waals surface area contributed by atoms with Gasteiger partial charge >= 0.3 is 0 Å². The Balaban J connectivity index is 2.67. The first kappa shape index (κ1) is 15.4. The molecule has 0 saturated heterocycles. The average Bonchev–Trinajstić information content (AvgIpc) is 2.30. The van der Waals surface area contributed by atoms with E-state index in [1.165, 1.54) is 7.11 Å². The third-order valence-electron chi connectivity index (χ3n) is 2.65. The molecule has 0 aliphatic heterocycles. The number of methoxy groups -OCH3 is 1. The van der Waals surface area contributed by atoms with Crippen LogP contribution in [0.4, 0.5) is 0 Å². The molecule has 0 bridgehead atoms. The van der Waals surface area contributed by atoms with Gasteiger partial charge in [0.25, 0.3) is 0 Å². The van der Waals surface area contributed by atoms with Gasteiger partial charge in [-0.25, -0.2) is 13.1 Å². The molecule has 1 aromatic carbocycles. The van der Waals surface area contributed by atoms with Crippen molar-refractivity contribution in [1.29, 1.82) is 0 Å². The number of benzene rings is 1. The molecule has 0 aromatic heterocycles. The van der Waals surface area contributed by atoms with E-state index in [9.17, 15) is 8.42 Å². The Morgan fingerprint density at radius 1 is 1.44 bits per heavy atom. The molecule has 1 aromatic rings. The van der Waals surface area contributed by atoms with Crippen LogP contribution in [0.3, 0.4) is 0 Å². The summed E-state index contributed by atoms with van der Waals surface area (Å²) < 4.78 is 31.0. The number of halogens is 1. The van der Waals surface area contributed by atoms with Crippen molar-refractivity contribution in [2.24, 2.45) is 0 Å². The van der Waals surface area contributed by atoms with Crippen molar-refractivity contribution >= 4 is 21.6 Å². The molecule has 1 rings (SSSR count). The molecule has 1 atom stereocenters. The molecule has 0 amide bonds. The standard InChI is InChI=1S/C12H18ClNO3S/c1-9-4-5-12(13)6-11(9)7-14-18(15,16)8-10(2)17-3/h4-6,10,14H,7-8H2,1-3H3. The average molecular weight is 292 g/mol. The molecule has 0 spiro atoms. The molecule has 1 unspecified atom stereocenters. The first-order chi connectivity index (χ1) is 8.34. The summed E-state index contributed by atoms with van der Waals surface area (Å²) in [6.45, 7) is 3.87. The molecule has 1 N–H and O–H groups in total. The second-order valence-electron chi connectivity index (χ2n) is 4.22. The summed E-state index contributed by atoms with van der Waals surface area (Å²) in [6.07, 6.45) is -0.331. The Kier molecular flexibility index (Phi) is 5.59. The molecule has 0 radical (unpaired) electrons. The third-order valence-corrected chi connectivity index (χ3v) is 4.38.